The summed E-state index contributed by atoms with van der Waals surface area (Å²) in [6, 6.07) is 7.57. The second-order valence-electron chi connectivity index (χ2n) is 8.89. The quantitative estimate of drug-likeness (QED) is 0.514. The summed E-state index contributed by atoms with van der Waals surface area (Å²) in [6.07, 6.45) is 15.5. The molecule has 0 amide bonds. The maximum absolute atomic E-state index is 2.60. The molecule has 0 radical (unpaired) electrons. The van der Waals surface area contributed by atoms with E-state index in [1.54, 1.807) is 16.7 Å². The van der Waals surface area contributed by atoms with Gasteiger partial charge in [-0.1, -0.05) is 58.2 Å². The van der Waals surface area contributed by atoms with Crippen LogP contribution in [-0.4, -0.2) is 0 Å². The van der Waals surface area contributed by atoms with Crippen LogP contribution in [0.4, 0.5) is 0 Å². The third-order valence-corrected chi connectivity index (χ3v) is 7.01. The lowest BCUT2D eigenvalue weighted by Crippen LogP contribution is -2.18. The zero-order valence-electron chi connectivity index (χ0n) is 16.3. The van der Waals surface area contributed by atoms with E-state index in [1.165, 1.54) is 70.6 Å². The van der Waals surface area contributed by atoms with Crippen LogP contribution in [-0.2, 0) is 12.8 Å². The smallest absolute Gasteiger partial charge is 0.0162 e. The number of fused-ring (bicyclic) bond motifs is 1. The minimum Gasteiger partial charge on any atom is -0.0654 e. The topological polar surface area (TPSA) is 0 Å². The standard InChI is InChI=1S/C24H38/c1-4-6-19-7-10-21(11-8-19)23-14-13-22-16-20(15-18(3)5-2)9-12-24(22)17-23/h13-14,17-21H,4-12,15-16H2,1-3H3/t18?,19-,20?,21-. The van der Waals surface area contributed by atoms with Crippen LogP contribution in [0.1, 0.15) is 101 Å². The van der Waals surface area contributed by atoms with Crippen LogP contribution in [0, 0.1) is 17.8 Å². The van der Waals surface area contributed by atoms with Crippen molar-refractivity contribution >= 4 is 0 Å². The van der Waals surface area contributed by atoms with Gasteiger partial charge < -0.3 is 0 Å². The Bertz CT molecular complexity index is 507. The van der Waals surface area contributed by atoms with Gasteiger partial charge in [-0.15, -0.1) is 0 Å². The van der Waals surface area contributed by atoms with Crippen LogP contribution in [0.25, 0.3) is 0 Å². The van der Waals surface area contributed by atoms with E-state index in [0.29, 0.717) is 0 Å². The summed E-state index contributed by atoms with van der Waals surface area (Å²) in [5, 5.41) is 0. The van der Waals surface area contributed by atoms with Gasteiger partial charge in [0.05, 0.1) is 0 Å². The minimum absolute atomic E-state index is 0.848. The van der Waals surface area contributed by atoms with Crippen LogP contribution < -0.4 is 0 Å². The first kappa shape index (κ1) is 18.0. The van der Waals surface area contributed by atoms with Crippen molar-refractivity contribution in [2.24, 2.45) is 17.8 Å². The van der Waals surface area contributed by atoms with Crippen LogP contribution in [0.2, 0.25) is 0 Å². The molecular formula is C24H38. The maximum atomic E-state index is 2.60. The summed E-state index contributed by atoms with van der Waals surface area (Å²) in [6.45, 7) is 7.10. The summed E-state index contributed by atoms with van der Waals surface area (Å²) in [5.74, 6) is 3.70. The molecule has 0 nitrogen and oxygen atoms in total. The minimum atomic E-state index is 0.848. The molecule has 0 aromatic heterocycles. The van der Waals surface area contributed by atoms with Gasteiger partial charge in [0.2, 0.25) is 0 Å². The lowest BCUT2D eigenvalue weighted by molar-refractivity contribution is 0.308. The lowest BCUT2D eigenvalue weighted by atomic mass is 9.75. The molecule has 1 aromatic rings. The third-order valence-electron chi connectivity index (χ3n) is 7.01. The zero-order chi connectivity index (χ0) is 16.9. The first-order valence-corrected chi connectivity index (χ1v) is 10.8. The molecular weight excluding hydrogens is 288 g/mol. The third kappa shape index (κ3) is 4.44. The van der Waals surface area contributed by atoms with E-state index < -0.39 is 0 Å². The molecule has 2 unspecified atom stereocenters. The summed E-state index contributed by atoms with van der Waals surface area (Å²) < 4.78 is 0. The van der Waals surface area contributed by atoms with E-state index in [-0.39, 0.29) is 0 Å². The summed E-state index contributed by atoms with van der Waals surface area (Å²) in [5.41, 5.74) is 5.01. The van der Waals surface area contributed by atoms with Gasteiger partial charge in [-0.3, -0.25) is 0 Å². The van der Waals surface area contributed by atoms with Crippen molar-refractivity contribution in [1.82, 2.24) is 0 Å². The summed E-state index contributed by atoms with van der Waals surface area (Å²) in [7, 11) is 0. The molecule has 0 heterocycles. The highest BCUT2D eigenvalue weighted by Crippen LogP contribution is 2.39. The number of aryl methyl sites for hydroxylation is 1. The zero-order valence-corrected chi connectivity index (χ0v) is 16.3. The fourth-order valence-corrected chi connectivity index (χ4v) is 5.23. The SMILES string of the molecule is CCC[C@H]1CC[C@H](c2ccc3c(c2)CCC(CC(C)CC)C3)CC1. The number of rotatable bonds is 6. The Labute approximate surface area is 150 Å². The molecule has 2 atom stereocenters. The van der Waals surface area contributed by atoms with E-state index >= 15 is 0 Å². The predicted molar refractivity (Wildman–Crippen MR) is 106 cm³/mol. The van der Waals surface area contributed by atoms with E-state index in [0.717, 1.165) is 23.7 Å². The molecule has 0 saturated heterocycles. The normalized spacial score (nSPS) is 28.4. The summed E-state index contributed by atoms with van der Waals surface area (Å²) >= 11 is 0. The van der Waals surface area contributed by atoms with Gasteiger partial charge in [0, 0.05) is 0 Å². The molecule has 0 heteroatoms. The van der Waals surface area contributed by atoms with Crippen molar-refractivity contribution in [3.63, 3.8) is 0 Å². The predicted octanol–water partition coefficient (Wildman–Crippen LogP) is 7.30. The fraction of sp³-hybridized carbons (Fsp3) is 0.750. The largest absolute Gasteiger partial charge is 0.0654 e. The molecule has 0 aliphatic heterocycles. The Morgan fingerprint density at radius 3 is 2.46 bits per heavy atom. The second-order valence-corrected chi connectivity index (χ2v) is 8.89. The van der Waals surface area contributed by atoms with Gasteiger partial charge in [0.15, 0.2) is 0 Å². The second kappa shape index (κ2) is 8.54. The van der Waals surface area contributed by atoms with Crippen molar-refractivity contribution < 1.29 is 0 Å². The van der Waals surface area contributed by atoms with Gasteiger partial charge in [0.1, 0.15) is 0 Å². The van der Waals surface area contributed by atoms with E-state index in [9.17, 15) is 0 Å². The van der Waals surface area contributed by atoms with E-state index in [2.05, 4.69) is 39.0 Å². The number of benzene rings is 1. The monoisotopic (exact) mass is 326 g/mol. The molecule has 24 heavy (non-hydrogen) atoms. The fourth-order valence-electron chi connectivity index (χ4n) is 5.23. The van der Waals surface area contributed by atoms with Crippen LogP contribution in [0.15, 0.2) is 18.2 Å². The van der Waals surface area contributed by atoms with Crippen LogP contribution in [0.5, 0.6) is 0 Å². The molecule has 0 N–H and O–H groups in total. The average Bonchev–Trinajstić information content (AvgIpc) is 2.62. The Balaban J connectivity index is 1.59. The Hall–Kier alpha value is -0.780. The Kier molecular flexibility index (Phi) is 6.42. The van der Waals surface area contributed by atoms with E-state index in [4.69, 9.17) is 0 Å². The number of hydrogen-bond donors (Lipinski definition) is 0. The molecule has 3 rings (SSSR count). The Morgan fingerprint density at radius 2 is 1.75 bits per heavy atom. The van der Waals surface area contributed by atoms with Gasteiger partial charge >= 0.3 is 0 Å². The number of hydrogen-bond acceptors (Lipinski definition) is 0. The first-order chi connectivity index (χ1) is 11.7. The molecule has 2 aliphatic rings. The Morgan fingerprint density at radius 1 is 0.958 bits per heavy atom. The highest BCUT2D eigenvalue weighted by atomic mass is 14.3. The molecule has 0 bridgehead atoms. The average molecular weight is 327 g/mol. The molecule has 1 saturated carbocycles. The first-order valence-electron chi connectivity index (χ1n) is 10.8. The van der Waals surface area contributed by atoms with Crippen LogP contribution >= 0.6 is 0 Å². The van der Waals surface area contributed by atoms with Crippen molar-refractivity contribution in [1.29, 1.82) is 0 Å². The molecule has 134 valence electrons. The highest BCUT2D eigenvalue weighted by molar-refractivity contribution is 5.36. The van der Waals surface area contributed by atoms with Crippen molar-refractivity contribution in [2.75, 3.05) is 0 Å². The van der Waals surface area contributed by atoms with Crippen molar-refractivity contribution in [3.8, 4) is 0 Å². The highest BCUT2D eigenvalue weighted by Gasteiger charge is 2.24. The molecule has 1 aromatic carbocycles. The van der Waals surface area contributed by atoms with Gasteiger partial charge in [-0.25, -0.2) is 0 Å². The lowest BCUT2D eigenvalue weighted by Gasteiger charge is -2.31. The molecule has 1 fully saturated rings. The summed E-state index contributed by atoms with van der Waals surface area (Å²) in [4.78, 5) is 0. The molecule has 0 spiro atoms. The van der Waals surface area contributed by atoms with Gasteiger partial charge in [-0.2, -0.15) is 0 Å². The van der Waals surface area contributed by atoms with Gasteiger partial charge in [0.25, 0.3) is 0 Å². The van der Waals surface area contributed by atoms with Crippen molar-refractivity contribution in [3.05, 3.63) is 34.9 Å². The van der Waals surface area contributed by atoms with E-state index in [1.807, 2.05) is 0 Å². The molecule has 2 aliphatic carbocycles. The van der Waals surface area contributed by atoms with Crippen LogP contribution in [0.3, 0.4) is 0 Å². The van der Waals surface area contributed by atoms with Crippen molar-refractivity contribution in [2.45, 2.75) is 97.3 Å². The maximum Gasteiger partial charge on any atom is -0.0162 e. The van der Waals surface area contributed by atoms with Gasteiger partial charge in [-0.05, 0) is 91.7 Å².